The zero-order valence-electron chi connectivity index (χ0n) is 15.6. The second-order valence-electron chi connectivity index (χ2n) is 6.08. The normalized spacial score (nSPS) is 10.4. The minimum Gasteiger partial charge on any atom is -0.486 e. The van der Waals surface area contributed by atoms with Crippen LogP contribution in [0.1, 0.15) is 26.7 Å². The first-order chi connectivity index (χ1) is 14.7. The molecule has 4 rings (SSSR count). The Kier molecular flexibility index (Phi) is 5.47. The molecule has 0 spiro atoms. The molecular formula is C20H16N6O4. The Hall–Kier alpha value is -4.47. The summed E-state index contributed by atoms with van der Waals surface area (Å²) in [6, 6.07) is 18.9. The number of nitrogens with zero attached hydrogens (tertiary/aromatic N) is 4. The van der Waals surface area contributed by atoms with E-state index in [0.717, 1.165) is 0 Å². The van der Waals surface area contributed by atoms with Crippen LogP contribution in [0.4, 0.5) is 0 Å². The summed E-state index contributed by atoms with van der Waals surface area (Å²) in [4.78, 5) is 24.4. The Bertz CT molecular complexity index is 1120. The summed E-state index contributed by atoms with van der Waals surface area (Å²) in [5.41, 5.74) is 5.70. The molecule has 2 aromatic heterocycles. The number of para-hydroxylation sites is 1. The van der Waals surface area contributed by atoms with Crippen molar-refractivity contribution in [1.82, 2.24) is 31.1 Å². The highest BCUT2D eigenvalue weighted by Gasteiger charge is 2.13. The van der Waals surface area contributed by atoms with Crippen LogP contribution in [0.2, 0.25) is 0 Å². The highest BCUT2D eigenvalue weighted by Crippen LogP contribution is 2.14. The summed E-state index contributed by atoms with van der Waals surface area (Å²) in [6.45, 7) is 0.178. The van der Waals surface area contributed by atoms with Crippen LogP contribution in [-0.4, -0.2) is 32.0 Å². The third-order valence-corrected chi connectivity index (χ3v) is 4.04. The summed E-state index contributed by atoms with van der Waals surface area (Å²) >= 11 is 0. The van der Waals surface area contributed by atoms with E-state index in [4.69, 9.17) is 9.15 Å². The molecule has 10 heteroatoms. The molecule has 0 aliphatic heterocycles. The standard InChI is InChI=1S/C20H16N6O4/c27-19(14-6-8-15(9-7-14)26-13-21-24-25-26)22-23-20(28)18-11-10-17(30-18)12-29-16-4-2-1-3-5-16/h1-11,13H,12H2,(H,22,27)(H,23,28). The highest BCUT2D eigenvalue weighted by molar-refractivity contribution is 5.98. The van der Waals surface area contributed by atoms with Crippen LogP contribution >= 0.6 is 0 Å². The summed E-state index contributed by atoms with van der Waals surface area (Å²) in [7, 11) is 0. The van der Waals surface area contributed by atoms with E-state index in [-0.39, 0.29) is 12.4 Å². The molecule has 0 atom stereocenters. The molecule has 0 fully saturated rings. The highest BCUT2D eigenvalue weighted by atomic mass is 16.5. The number of amides is 2. The number of hydrogen-bond donors (Lipinski definition) is 2. The van der Waals surface area contributed by atoms with Crippen LogP contribution in [-0.2, 0) is 6.61 Å². The van der Waals surface area contributed by atoms with Gasteiger partial charge in [0, 0.05) is 5.56 Å². The Balaban J connectivity index is 1.29. The van der Waals surface area contributed by atoms with Crippen molar-refractivity contribution in [2.24, 2.45) is 0 Å². The second-order valence-corrected chi connectivity index (χ2v) is 6.08. The third-order valence-electron chi connectivity index (χ3n) is 4.04. The van der Waals surface area contributed by atoms with E-state index in [1.807, 2.05) is 30.3 Å². The largest absolute Gasteiger partial charge is 0.486 e. The first kappa shape index (κ1) is 18.9. The van der Waals surface area contributed by atoms with E-state index >= 15 is 0 Å². The number of benzene rings is 2. The number of carbonyl (C=O) groups is 2. The molecule has 2 aromatic carbocycles. The van der Waals surface area contributed by atoms with E-state index in [1.165, 1.54) is 17.1 Å². The molecule has 2 N–H and O–H groups in total. The van der Waals surface area contributed by atoms with Crippen LogP contribution in [0.25, 0.3) is 5.69 Å². The number of rotatable bonds is 6. The fraction of sp³-hybridized carbons (Fsp3) is 0.0500. The average Bonchev–Trinajstić information content (AvgIpc) is 3.49. The maximum Gasteiger partial charge on any atom is 0.305 e. The van der Waals surface area contributed by atoms with Gasteiger partial charge < -0.3 is 9.15 Å². The van der Waals surface area contributed by atoms with Gasteiger partial charge >= 0.3 is 5.91 Å². The lowest BCUT2D eigenvalue weighted by atomic mass is 10.2. The molecule has 4 aromatic rings. The maximum absolute atomic E-state index is 12.2. The molecular weight excluding hydrogens is 388 g/mol. The van der Waals surface area contributed by atoms with Gasteiger partial charge in [0.05, 0.1) is 5.69 Å². The van der Waals surface area contributed by atoms with E-state index < -0.39 is 11.8 Å². The van der Waals surface area contributed by atoms with Crippen molar-refractivity contribution in [2.75, 3.05) is 0 Å². The Morgan fingerprint density at radius 2 is 1.70 bits per heavy atom. The zero-order valence-corrected chi connectivity index (χ0v) is 15.6. The minimum atomic E-state index is -0.584. The molecule has 0 saturated heterocycles. The first-order valence-electron chi connectivity index (χ1n) is 8.90. The van der Waals surface area contributed by atoms with Crippen LogP contribution in [0, 0.1) is 0 Å². The first-order valence-corrected chi connectivity index (χ1v) is 8.90. The van der Waals surface area contributed by atoms with Gasteiger partial charge in [-0.25, -0.2) is 4.68 Å². The lowest BCUT2D eigenvalue weighted by Crippen LogP contribution is -2.41. The van der Waals surface area contributed by atoms with Crippen molar-refractivity contribution in [3.63, 3.8) is 0 Å². The predicted octanol–water partition coefficient (Wildman–Crippen LogP) is 1.91. The monoisotopic (exact) mass is 404 g/mol. The average molecular weight is 404 g/mol. The SMILES string of the molecule is O=C(NNC(=O)c1ccc(COc2ccccc2)o1)c1ccc(-n2cnnn2)cc1. The predicted molar refractivity (Wildman–Crippen MR) is 104 cm³/mol. The lowest BCUT2D eigenvalue weighted by Gasteiger charge is -2.07. The fourth-order valence-electron chi connectivity index (χ4n) is 2.54. The number of hydrazine groups is 1. The lowest BCUT2D eigenvalue weighted by molar-refractivity contribution is 0.0828. The number of ether oxygens (including phenoxy) is 1. The van der Waals surface area contributed by atoms with E-state index in [1.54, 1.807) is 30.3 Å². The Labute approximate surface area is 170 Å². The molecule has 0 bridgehead atoms. The van der Waals surface area contributed by atoms with Crippen LogP contribution in [0.15, 0.2) is 77.5 Å². The van der Waals surface area contributed by atoms with Gasteiger partial charge in [0.15, 0.2) is 5.76 Å². The molecule has 0 aliphatic carbocycles. The van der Waals surface area contributed by atoms with Gasteiger partial charge in [-0.2, -0.15) is 0 Å². The summed E-state index contributed by atoms with van der Waals surface area (Å²) in [5, 5.41) is 10.9. The number of carbonyl (C=O) groups excluding carboxylic acids is 2. The molecule has 0 aliphatic rings. The molecule has 150 valence electrons. The summed E-state index contributed by atoms with van der Waals surface area (Å²) in [5.74, 6) is 0.160. The molecule has 0 unspecified atom stereocenters. The number of hydrogen-bond acceptors (Lipinski definition) is 7. The Morgan fingerprint density at radius 1 is 0.933 bits per heavy atom. The topological polar surface area (TPSA) is 124 Å². The van der Waals surface area contributed by atoms with Gasteiger partial charge in [-0.15, -0.1) is 5.10 Å². The quantitative estimate of drug-likeness (QED) is 0.470. The number of tetrazole rings is 1. The number of nitrogens with one attached hydrogen (secondary N) is 2. The van der Waals surface area contributed by atoms with Crippen LogP contribution < -0.4 is 15.6 Å². The second kappa shape index (κ2) is 8.69. The molecule has 10 nitrogen and oxygen atoms in total. The molecule has 2 amide bonds. The Morgan fingerprint density at radius 3 is 2.43 bits per heavy atom. The molecule has 2 heterocycles. The van der Waals surface area contributed by atoms with Crippen LogP contribution in [0.3, 0.4) is 0 Å². The van der Waals surface area contributed by atoms with Crippen molar-refractivity contribution in [3.05, 3.63) is 90.1 Å². The van der Waals surface area contributed by atoms with Crippen molar-refractivity contribution < 1.29 is 18.7 Å². The maximum atomic E-state index is 12.2. The van der Waals surface area contributed by atoms with Gasteiger partial charge in [-0.1, -0.05) is 18.2 Å². The zero-order chi connectivity index (χ0) is 20.8. The van der Waals surface area contributed by atoms with Gasteiger partial charge in [-0.05, 0) is 59.0 Å². The number of aromatic nitrogens is 4. The fourth-order valence-corrected chi connectivity index (χ4v) is 2.54. The summed E-state index contributed by atoms with van der Waals surface area (Å²) in [6.07, 6.45) is 1.44. The van der Waals surface area contributed by atoms with E-state index in [2.05, 4.69) is 26.4 Å². The molecule has 30 heavy (non-hydrogen) atoms. The van der Waals surface area contributed by atoms with Gasteiger partial charge in [0.2, 0.25) is 0 Å². The van der Waals surface area contributed by atoms with E-state index in [9.17, 15) is 9.59 Å². The third kappa shape index (κ3) is 4.50. The van der Waals surface area contributed by atoms with Crippen molar-refractivity contribution >= 4 is 11.8 Å². The van der Waals surface area contributed by atoms with Crippen molar-refractivity contribution in [1.29, 1.82) is 0 Å². The summed E-state index contributed by atoms with van der Waals surface area (Å²) < 4.78 is 12.5. The smallest absolute Gasteiger partial charge is 0.305 e. The molecule has 0 radical (unpaired) electrons. The van der Waals surface area contributed by atoms with Gasteiger partial charge in [-0.3, -0.25) is 20.4 Å². The van der Waals surface area contributed by atoms with Gasteiger partial charge in [0.25, 0.3) is 5.91 Å². The van der Waals surface area contributed by atoms with Crippen molar-refractivity contribution in [2.45, 2.75) is 6.61 Å². The molecule has 0 saturated carbocycles. The van der Waals surface area contributed by atoms with Crippen LogP contribution in [0.5, 0.6) is 5.75 Å². The number of furan rings is 1. The van der Waals surface area contributed by atoms with E-state index in [0.29, 0.717) is 22.8 Å². The van der Waals surface area contributed by atoms with Crippen molar-refractivity contribution in [3.8, 4) is 11.4 Å². The van der Waals surface area contributed by atoms with Gasteiger partial charge in [0.1, 0.15) is 24.4 Å². The minimum absolute atomic E-state index is 0.0518.